The van der Waals surface area contributed by atoms with E-state index in [9.17, 15) is 21.6 Å². The van der Waals surface area contributed by atoms with Crippen molar-refractivity contribution in [1.29, 1.82) is 0 Å². The lowest BCUT2D eigenvalue weighted by Crippen LogP contribution is -2.41. The molecular weight excluding hydrogens is 589 g/mol. The van der Waals surface area contributed by atoms with Crippen LogP contribution < -0.4 is 20.5 Å². The average molecular weight is 613 g/mol. The second kappa shape index (κ2) is 10.7. The summed E-state index contributed by atoms with van der Waals surface area (Å²) >= 11 is 0.967. The number of fused-ring (bicyclic) bond motifs is 1. The fraction of sp³-hybridized carbons (Fsp3) is 0.0312. The second-order valence-corrected chi connectivity index (χ2v) is 14.4. The van der Waals surface area contributed by atoms with Crippen LogP contribution in [0.15, 0.2) is 141 Å². The predicted octanol–water partition coefficient (Wildman–Crippen LogP) is 3.68. The minimum atomic E-state index is -4.39. The van der Waals surface area contributed by atoms with E-state index in [1.807, 2.05) is 30.3 Å². The number of aromatic nitrogens is 1. The van der Waals surface area contributed by atoms with Crippen molar-refractivity contribution < 1.29 is 16.8 Å². The number of nitrogens with zero attached hydrogens (tertiary/aromatic N) is 1. The molecule has 0 spiro atoms. The Kier molecular flexibility index (Phi) is 7.05. The quantitative estimate of drug-likeness (QED) is 0.313. The van der Waals surface area contributed by atoms with Crippen molar-refractivity contribution in [2.45, 2.75) is 15.7 Å². The normalized spacial score (nSPS) is 16.0. The first kappa shape index (κ1) is 27.6. The molecule has 0 bridgehead atoms. The number of hydrogen-bond donors (Lipinski definition) is 1. The Balaban J connectivity index is 1.81. The summed E-state index contributed by atoms with van der Waals surface area (Å²) in [6.45, 7) is 0. The SMILES string of the molecule is NC1=C(S(=O)(=O)c2ccccc2)C(c2ccccc2)C(S(=O)(=O)c2ccccc2)=c2sc(=Cc3ccccc3)c(=O)n21. The second-order valence-electron chi connectivity index (χ2n) is 9.56. The van der Waals surface area contributed by atoms with Crippen molar-refractivity contribution in [3.8, 4) is 0 Å². The summed E-state index contributed by atoms with van der Waals surface area (Å²) in [5.41, 5.74) is 7.16. The third kappa shape index (κ3) is 4.63. The molecule has 0 saturated carbocycles. The Hall–Kier alpha value is -4.51. The highest BCUT2D eigenvalue weighted by Gasteiger charge is 2.44. The lowest BCUT2D eigenvalue weighted by atomic mass is 9.97. The van der Waals surface area contributed by atoms with E-state index in [0.717, 1.165) is 21.5 Å². The van der Waals surface area contributed by atoms with Gasteiger partial charge in [0.15, 0.2) is 0 Å². The number of thiazole rings is 1. The van der Waals surface area contributed by atoms with Gasteiger partial charge >= 0.3 is 0 Å². The van der Waals surface area contributed by atoms with Crippen molar-refractivity contribution in [2.24, 2.45) is 5.73 Å². The molecule has 42 heavy (non-hydrogen) atoms. The summed E-state index contributed by atoms with van der Waals surface area (Å²) < 4.78 is 59.0. The number of benzene rings is 4. The van der Waals surface area contributed by atoms with Gasteiger partial charge in [0.05, 0.1) is 25.1 Å². The molecule has 1 aliphatic rings. The standard InChI is InChI=1S/C32H24N2O5S3/c33-30-28(41(36,37)24-17-9-3-10-18-24)27(23-15-7-2-8-16-23)29(42(38,39)25-19-11-4-12-20-25)32-34(30)31(35)26(40-32)21-22-13-5-1-6-14-22/h1-21,27H,33H2. The van der Waals surface area contributed by atoms with Crippen LogP contribution in [0.1, 0.15) is 17.0 Å². The summed E-state index contributed by atoms with van der Waals surface area (Å²) in [7, 11) is -8.74. The molecule has 0 amide bonds. The number of sulfone groups is 2. The fourth-order valence-electron chi connectivity index (χ4n) is 5.03. The van der Waals surface area contributed by atoms with E-state index in [1.54, 1.807) is 72.8 Å². The summed E-state index contributed by atoms with van der Waals surface area (Å²) in [6, 6.07) is 33.0. The van der Waals surface area contributed by atoms with Gasteiger partial charge in [-0.1, -0.05) is 97.1 Å². The van der Waals surface area contributed by atoms with Crippen LogP contribution in [0, 0.1) is 0 Å². The summed E-state index contributed by atoms with van der Waals surface area (Å²) in [5, 5.41) is 0. The van der Waals surface area contributed by atoms with Crippen molar-refractivity contribution in [3.05, 3.63) is 157 Å². The summed E-state index contributed by atoms with van der Waals surface area (Å²) in [6.07, 6.45) is 1.64. The first-order valence-electron chi connectivity index (χ1n) is 12.9. The topological polar surface area (TPSA) is 116 Å². The lowest BCUT2D eigenvalue weighted by Gasteiger charge is -2.28. The third-order valence-corrected chi connectivity index (χ3v) is 12.0. The molecule has 1 aromatic heterocycles. The van der Waals surface area contributed by atoms with E-state index in [4.69, 9.17) is 5.73 Å². The van der Waals surface area contributed by atoms with Gasteiger partial charge < -0.3 is 5.73 Å². The molecule has 2 heterocycles. The van der Waals surface area contributed by atoms with E-state index in [0.29, 0.717) is 5.56 Å². The fourth-order valence-corrected chi connectivity index (χ4v) is 9.99. The molecule has 10 heteroatoms. The predicted molar refractivity (Wildman–Crippen MR) is 165 cm³/mol. The van der Waals surface area contributed by atoms with Crippen molar-refractivity contribution in [3.63, 3.8) is 0 Å². The molecule has 1 atom stereocenters. The molecule has 6 rings (SSSR count). The minimum absolute atomic E-state index is 0.0288. The highest BCUT2D eigenvalue weighted by molar-refractivity contribution is 8.00. The Morgan fingerprint density at radius 2 is 1.10 bits per heavy atom. The molecule has 2 N–H and O–H groups in total. The van der Waals surface area contributed by atoms with Crippen LogP contribution in [0.3, 0.4) is 0 Å². The van der Waals surface area contributed by atoms with Crippen LogP contribution in [-0.4, -0.2) is 21.4 Å². The van der Waals surface area contributed by atoms with Crippen LogP contribution in [0.25, 0.3) is 16.8 Å². The first-order chi connectivity index (χ1) is 20.2. The molecule has 4 aromatic carbocycles. The maximum Gasteiger partial charge on any atom is 0.274 e. The average Bonchev–Trinajstić information content (AvgIpc) is 3.33. The van der Waals surface area contributed by atoms with E-state index < -0.39 is 31.2 Å². The zero-order chi connectivity index (χ0) is 29.5. The number of rotatable bonds is 6. The largest absolute Gasteiger partial charge is 0.384 e. The van der Waals surface area contributed by atoms with Gasteiger partial charge in [0, 0.05) is 0 Å². The van der Waals surface area contributed by atoms with Gasteiger partial charge in [-0.15, -0.1) is 11.3 Å². The van der Waals surface area contributed by atoms with E-state index in [-0.39, 0.29) is 34.6 Å². The molecule has 1 unspecified atom stereocenters. The van der Waals surface area contributed by atoms with E-state index >= 15 is 0 Å². The van der Waals surface area contributed by atoms with Gasteiger partial charge in [0.25, 0.3) is 5.56 Å². The number of allylic oxidation sites excluding steroid dienone is 1. The smallest absolute Gasteiger partial charge is 0.274 e. The van der Waals surface area contributed by atoms with Crippen LogP contribution in [0.2, 0.25) is 0 Å². The van der Waals surface area contributed by atoms with Crippen LogP contribution in [0.4, 0.5) is 0 Å². The summed E-state index contributed by atoms with van der Waals surface area (Å²) in [4.78, 5) is 13.2. The molecule has 0 aliphatic carbocycles. The molecule has 0 saturated heterocycles. The first-order valence-corrected chi connectivity index (χ1v) is 16.7. The van der Waals surface area contributed by atoms with Crippen molar-refractivity contribution in [2.75, 3.05) is 0 Å². The van der Waals surface area contributed by atoms with Crippen LogP contribution in [-0.2, 0) is 19.7 Å². The van der Waals surface area contributed by atoms with Crippen molar-refractivity contribution >= 4 is 47.8 Å². The lowest BCUT2D eigenvalue weighted by molar-refractivity contribution is 0.598. The molecule has 0 radical (unpaired) electrons. The molecule has 5 aromatic rings. The third-order valence-electron chi connectivity index (χ3n) is 6.97. The Morgan fingerprint density at radius 1 is 0.643 bits per heavy atom. The molecule has 0 fully saturated rings. The highest BCUT2D eigenvalue weighted by atomic mass is 32.2. The van der Waals surface area contributed by atoms with Gasteiger partial charge in [0.1, 0.15) is 15.4 Å². The maximum atomic E-state index is 14.5. The minimum Gasteiger partial charge on any atom is -0.384 e. The van der Waals surface area contributed by atoms with Gasteiger partial charge in [-0.3, -0.25) is 9.36 Å². The Bertz CT molecular complexity index is 2220. The maximum absolute atomic E-state index is 14.5. The van der Waals surface area contributed by atoms with Gasteiger partial charge in [-0.05, 0) is 41.5 Å². The number of nitrogens with two attached hydrogens (primary N) is 1. The van der Waals surface area contributed by atoms with Crippen molar-refractivity contribution in [1.82, 2.24) is 4.57 Å². The Morgan fingerprint density at radius 3 is 1.62 bits per heavy atom. The van der Waals surface area contributed by atoms with E-state index in [1.165, 1.54) is 24.3 Å². The monoisotopic (exact) mass is 612 g/mol. The van der Waals surface area contributed by atoms with Gasteiger partial charge in [0.2, 0.25) is 19.7 Å². The van der Waals surface area contributed by atoms with Crippen LogP contribution in [0.5, 0.6) is 0 Å². The molecule has 210 valence electrons. The summed E-state index contributed by atoms with van der Waals surface area (Å²) in [5.74, 6) is -1.65. The van der Waals surface area contributed by atoms with Gasteiger partial charge in [-0.2, -0.15) is 0 Å². The zero-order valence-electron chi connectivity index (χ0n) is 22.0. The van der Waals surface area contributed by atoms with Gasteiger partial charge in [-0.25, -0.2) is 16.8 Å². The molecular formula is C32H24N2O5S3. The Labute approximate surface area is 246 Å². The van der Waals surface area contributed by atoms with Crippen LogP contribution >= 0.6 is 11.3 Å². The number of hydrogen-bond acceptors (Lipinski definition) is 7. The highest BCUT2D eigenvalue weighted by Crippen LogP contribution is 2.45. The molecule has 1 aliphatic heterocycles. The molecule has 7 nitrogen and oxygen atoms in total. The van der Waals surface area contributed by atoms with E-state index in [2.05, 4.69) is 0 Å². The zero-order valence-corrected chi connectivity index (χ0v) is 24.4.